The topological polar surface area (TPSA) is 64.3 Å². The first kappa shape index (κ1) is 17.0. The summed E-state index contributed by atoms with van der Waals surface area (Å²) in [4.78, 5) is 12.4. The second-order valence-electron chi connectivity index (χ2n) is 5.91. The van der Waals surface area contributed by atoms with E-state index >= 15 is 0 Å². The van der Waals surface area contributed by atoms with Gasteiger partial charge in [-0.15, -0.1) is 0 Å². The molecule has 2 rings (SSSR count). The third kappa shape index (κ3) is 4.83. The Morgan fingerprint density at radius 3 is 2.17 bits per heavy atom. The van der Waals surface area contributed by atoms with E-state index in [4.69, 9.17) is 10.5 Å². The SMILES string of the molecule is CC(C)Oc1ccc(NC(=O)C(C)C(N)c2ccccc2)cc1. The highest BCUT2D eigenvalue weighted by Crippen LogP contribution is 2.22. The van der Waals surface area contributed by atoms with Crippen molar-refractivity contribution in [3.8, 4) is 5.75 Å². The van der Waals surface area contributed by atoms with Crippen molar-refractivity contribution in [2.75, 3.05) is 5.32 Å². The fraction of sp³-hybridized carbons (Fsp3) is 0.316. The third-order valence-electron chi connectivity index (χ3n) is 3.63. The van der Waals surface area contributed by atoms with Crippen LogP contribution in [0.4, 0.5) is 5.69 Å². The molecule has 0 aliphatic rings. The predicted molar refractivity (Wildman–Crippen MR) is 93.4 cm³/mol. The van der Waals surface area contributed by atoms with E-state index in [2.05, 4.69) is 5.32 Å². The van der Waals surface area contributed by atoms with Gasteiger partial charge in [0.2, 0.25) is 5.91 Å². The summed E-state index contributed by atoms with van der Waals surface area (Å²) in [5.74, 6) is 0.356. The quantitative estimate of drug-likeness (QED) is 0.854. The summed E-state index contributed by atoms with van der Waals surface area (Å²) in [6.45, 7) is 5.79. The molecule has 23 heavy (non-hydrogen) atoms. The molecule has 0 saturated carbocycles. The molecule has 2 atom stereocenters. The van der Waals surface area contributed by atoms with Gasteiger partial charge in [0.1, 0.15) is 5.75 Å². The molecule has 3 N–H and O–H groups in total. The van der Waals surface area contributed by atoms with Crippen molar-refractivity contribution in [1.82, 2.24) is 0 Å². The number of amides is 1. The molecule has 0 aliphatic heterocycles. The number of rotatable bonds is 6. The van der Waals surface area contributed by atoms with Crippen LogP contribution < -0.4 is 15.8 Å². The minimum atomic E-state index is -0.334. The van der Waals surface area contributed by atoms with E-state index in [9.17, 15) is 4.79 Å². The number of nitrogens with two attached hydrogens (primary N) is 1. The van der Waals surface area contributed by atoms with Crippen molar-refractivity contribution in [3.05, 3.63) is 60.2 Å². The molecule has 0 heterocycles. The molecule has 0 radical (unpaired) electrons. The highest BCUT2D eigenvalue weighted by atomic mass is 16.5. The Labute approximate surface area is 137 Å². The van der Waals surface area contributed by atoms with Crippen LogP contribution in [-0.4, -0.2) is 12.0 Å². The molecule has 2 aromatic carbocycles. The van der Waals surface area contributed by atoms with Gasteiger partial charge in [0, 0.05) is 11.7 Å². The number of nitrogens with one attached hydrogen (secondary N) is 1. The van der Waals surface area contributed by atoms with Crippen molar-refractivity contribution in [3.63, 3.8) is 0 Å². The van der Waals surface area contributed by atoms with Crippen molar-refractivity contribution in [1.29, 1.82) is 0 Å². The van der Waals surface area contributed by atoms with E-state index < -0.39 is 0 Å². The Kier molecular flexibility index (Phi) is 5.77. The summed E-state index contributed by atoms with van der Waals surface area (Å²) in [7, 11) is 0. The predicted octanol–water partition coefficient (Wildman–Crippen LogP) is 3.75. The second kappa shape index (κ2) is 7.79. The maximum atomic E-state index is 12.4. The third-order valence-corrected chi connectivity index (χ3v) is 3.63. The van der Waals surface area contributed by atoms with Crippen LogP contribution >= 0.6 is 0 Å². The fourth-order valence-electron chi connectivity index (χ4n) is 2.27. The fourth-order valence-corrected chi connectivity index (χ4v) is 2.27. The van der Waals surface area contributed by atoms with E-state index in [1.807, 2.05) is 75.4 Å². The molecule has 0 bridgehead atoms. The molecule has 0 spiro atoms. The van der Waals surface area contributed by atoms with Crippen LogP contribution in [0.5, 0.6) is 5.75 Å². The Morgan fingerprint density at radius 1 is 1.00 bits per heavy atom. The lowest BCUT2D eigenvalue weighted by atomic mass is 9.94. The average molecular weight is 312 g/mol. The van der Waals surface area contributed by atoms with Gasteiger partial charge >= 0.3 is 0 Å². The van der Waals surface area contributed by atoms with Crippen LogP contribution in [0.25, 0.3) is 0 Å². The first-order chi connectivity index (χ1) is 11.0. The van der Waals surface area contributed by atoms with Crippen molar-refractivity contribution in [2.24, 2.45) is 11.7 Å². The summed E-state index contributed by atoms with van der Waals surface area (Å²) >= 11 is 0. The number of benzene rings is 2. The average Bonchev–Trinajstić information content (AvgIpc) is 2.55. The smallest absolute Gasteiger partial charge is 0.229 e. The van der Waals surface area contributed by atoms with Gasteiger partial charge in [-0.1, -0.05) is 37.3 Å². The summed E-state index contributed by atoms with van der Waals surface area (Å²) in [5, 5.41) is 2.90. The molecule has 2 aromatic rings. The van der Waals surface area contributed by atoms with Gasteiger partial charge < -0.3 is 15.8 Å². The summed E-state index contributed by atoms with van der Waals surface area (Å²) in [6.07, 6.45) is 0.124. The van der Waals surface area contributed by atoms with E-state index in [0.717, 1.165) is 17.0 Å². The molecule has 122 valence electrons. The van der Waals surface area contributed by atoms with Crippen molar-refractivity contribution < 1.29 is 9.53 Å². The summed E-state index contributed by atoms with van der Waals surface area (Å²) in [5.41, 5.74) is 7.88. The van der Waals surface area contributed by atoms with E-state index in [0.29, 0.717) is 0 Å². The number of carbonyl (C=O) groups is 1. The van der Waals surface area contributed by atoms with Gasteiger partial charge in [-0.2, -0.15) is 0 Å². The lowest BCUT2D eigenvalue weighted by Gasteiger charge is -2.20. The van der Waals surface area contributed by atoms with Crippen LogP contribution in [0.1, 0.15) is 32.4 Å². The molecule has 4 nitrogen and oxygen atoms in total. The first-order valence-electron chi connectivity index (χ1n) is 7.85. The molecular formula is C19H24N2O2. The molecule has 0 fully saturated rings. The van der Waals surface area contributed by atoms with Crippen LogP contribution in [0.15, 0.2) is 54.6 Å². The zero-order valence-electron chi connectivity index (χ0n) is 13.8. The number of hydrogen-bond acceptors (Lipinski definition) is 3. The van der Waals surface area contributed by atoms with Crippen LogP contribution in [-0.2, 0) is 4.79 Å². The molecule has 2 unspecified atom stereocenters. The maximum Gasteiger partial charge on any atom is 0.229 e. The van der Waals surface area contributed by atoms with Gasteiger partial charge in [-0.25, -0.2) is 0 Å². The van der Waals surface area contributed by atoms with Crippen molar-refractivity contribution >= 4 is 11.6 Å². The molecular weight excluding hydrogens is 288 g/mol. The molecule has 0 aliphatic carbocycles. The van der Waals surface area contributed by atoms with E-state index in [1.54, 1.807) is 0 Å². The number of hydrogen-bond donors (Lipinski definition) is 2. The molecule has 0 aromatic heterocycles. The first-order valence-corrected chi connectivity index (χ1v) is 7.85. The van der Waals surface area contributed by atoms with Gasteiger partial charge in [-0.3, -0.25) is 4.79 Å². The summed E-state index contributed by atoms with van der Waals surface area (Å²) in [6, 6.07) is 16.7. The van der Waals surface area contributed by atoms with Crippen LogP contribution in [0.2, 0.25) is 0 Å². The van der Waals surface area contributed by atoms with Gasteiger partial charge in [0.05, 0.1) is 12.0 Å². The number of anilines is 1. The zero-order chi connectivity index (χ0) is 16.8. The summed E-state index contributed by atoms with van der Waals surface area (Å²) < 4.78 is 5.58. The zero-order valence-corrected chi connectivity index (χ0v) is 13.8. The van der Waals surface area contributed by atoms with Crippen LogP contribution in [0.3, 0.4) is 0 Å². The van der Waals surface area contributed by atoms with E-state index in [1.165, 1.54) is 0 Å². The monoisotopic (exact) mass is 312 g/mol. The second-order valence-corrected chi connectivity index (χ2v) is 5.91. The normalized spacial score (nSPS) is 13.4. The highest BCUT2D eigenvalue weighted by Gasteiger charge is 2.22. The van der Waals surface area contributed by atoms with Crippen molar-refractivity contribution in [2.45, 2.75) is 32.9 Å². The lowest BCUT2D eigenvalue weighted by Crippen LogP contribution is -2.30. The van der Waals surface area contributed by atoms with Gasteiger partial charge in [-0.05, 0) is 43.7 Å². The largest absolute Gasteiger partial charge is 0.491 e. The minimum absolute atomic E-state index is 0.0983. The van der Waals surface area contributed by atoms with Gasteiger partial charge in [0.15, 0.2) is 0 Å². The Morgan fingerprint density at radius 2 is 1.61 bits per heavy atom. The van der Waals surface area contributed by atoms with E-state index in [-0.39, 0.29) is 24.0 Å². The molecule has 1 amide bonds. The molecule has 4 heteroatoms. The van der Waals surface area contributed by atoms with Gasteiger partial charge in [0.25, 0.3) is 0 Å². The molecule has 0 saturated heterocycles. The lowest BCUT2D eigenvalue weighted by molar-refractivity contribution is -0.120. The van der Waals surface area contributed by atoms with Crippen LogP contribution in [0, 0.1) is 5.92 Å². The Bertz CT molecular complexity index is 624. The standard InChI is InChI=1S/C19H24N2O2/c1-13(2)23-17-11-9-16(10-12-17)21-19(22)14(3)18(20)15-7-5-4-6-8-15/h4-14,18H,20H2,1-3H3,(H,21,22). The maximum absolute atomic E-state index is 12.4. The number of carbonyl (C=O) groups excluding carboxylic acids is 1. The number of ether oxygens (including phenoxy) is 1. The highest BCUT2D eigenvalue weighted by molar-refractivity contribution is 5.92. The Balaban J connectivity index is 1.98. The minimum Gasteiger partial charge on any atom is -0.491 e. The Hall–Kier alpha value is -2.33.